The summed E-state index contributed by atoms with van der Waals surface area (Å²) in [5.41, 5.74) is 2.02. The van der Waals surface area contributed by atoms with Crippen LogP contribution in [0.3, 0.4) is 0 Å². The molecule has 0 aliphatic carbocycles. The maximum absolute atomic E-state index is 12.4. The van der Waals surface area contributed by atoms with Crippen LogP contribution in [0.5, 0.6) is 0 Å². The van der Waals surface area contributed by atoms with Gasteiger partial charge in [0.15, 0.2) is 0 Å². The van der Waals surface area contributed by atoms with E-state index >= 15 is 0 Å². The van der Waals surface area contributed by atoms with Crippen LogP contribution in [0.1, 0.15) is 22.8 Å². The van der Waals surface area contributed by atoms with E-state index in [4.69, 9.17) is 0 Å². The first-order valence-corrected chi connectivity index (χ1v) is 6.28. The quantitative estimate of drug-likeness (QED) is 0.774. The molecule has 1 aromatic carbocycles. The van der Waals surface area contributed by atoms with Gasteiger partial charge in [-0.1, -0.05) is 25.1 Å². The molecule has 0 saturated carbocycles. The van der Waals surface area contributed by atoms with Gasteiger partial charge in [0.2, 0.25) is 0 Å². The standard InChI is InChI=1S/C14H20N2O/c1-3-12-6-4-5-7-13(12)14(17)16-10-8-15(2)9-11-16/h4-7H,3,8-11H2,1-2H3. The number of amides is 1. The molecule has 92 valence electrons. The van der Waals surface area contributed by atoms with Crippen molar-refractivity contribution in [2.45, 2.75) is 13.3 Å². The lowest BCUT2D eigenvalue weighted by molar-refractivity contribution is 0.0663. The van der Waals surface area contributed by atoms with E-state index in [0.717, 1.165) is 43.7 Å². The van der Waals surface area contributed by atoms with E-state index in [-0.39, 0.29) is 5.91 Å². The zero-order chi connectivity index (χ0) is 12.3. The molecule has 1 aliphatic heterocycles. The molecule has 3 nitrogen and oxygen atoms in total. The molecular weight excluding hydrogens is 212 g/mol. The van der Waals surface area contributed by atoms with Gasteiger partial charge in [0.05, 0.1) is 0 Å². The van der Waals surface area contributed by atoms with E-state index in [0.29, 0.717) is 0 Å². The monoisotopic (exact) mass is 232 g/mol. The van der Waals surface area contributed by atoms with Crippen molar-refractivity contribution < 1.29 is 4.79 Å². The van der Waals surface area contributed by atoms with E-state index in [1.54, 1.807) is 0 Å². The van der Waals surface area contributed by atoms with E-state index < -0.39 is 0 Å². The van der Waals surface area contributed by atoms with Gasteiger partial charge in [-0.25, -0.2) is 0 Å². The van der Waals surface area contributed by atoms with E-state index in [1.165, 1.54) is 0 Å². The Bertz CT molecular complexity index is 395. The first-order valence-electron chi connectivity index (χ1n) is 6.28. The van der Waals surface area contributed by atoms with Crippen molar-refractivity contribution in [1.29, 1.82) is 0 Å². The van der Waals surface area contributed by atoms with Crippen molar-refractivity contribution in [3.05, 3.63) is 35.4 Å². The number of nitrogens with zero attached hydrogens (tertiary/aromatic N) is 2. The molecule has 0 N–H and O–H groups in total. The summed E-state index contributed by atoms with van der Waals surface area (Å²) in [7, 11) is 2.10. The predicted molar refractivity (Wildman–Crippen MR) is 69.2 cm³/mol. The molecule has 2 rings (SSSR count). The number of hydrogen-bond acceptors (Lipinski definition) is 2. The molecule has 1 aromatic rings. The number of benzene rings is 1. The normalized spacial score (nSPS) is 17.2. The van der Waals surface area contributed by atoms with Crippen molar-refractivity contribution in [1.82, 2.24) is 9.80 Å². The smallest absolute Gasteiger partial charge is 0.254 e. The minimum atomic E-state index is 0.190. The highest BCUT2D eigenvalue weighted by Gasteiger charge is 2.21. The van der Waals surface area contributed by atoms with Crippen LogP contribution in [0.4, 0.5) is 0 Å². The number of hydrogen-bond donors (Lipinski definition) is 0. The fourth-order valence-electron chi connectivity index (χ4n) is 2.22. The highest BCUT2D eigenvalue weighted by Crippen LogP contribution is 2.13. The van der Waals surface area contributed by atoms with Gasteiger partial charge in [-0.05, 0) is 25.1 Å². The van der Waals surface area contributed by atoms with Gasteiger partial charge in [-0.15, -0.1) is 0 Å². The van der Waals surface area contributed by atoms with Crippen LogP contribution in [0.25, 0.3) is 0 Å². The third-order valence-electron chi connectivity index (χ3n) is 3.42. The first kappa shape index (κ1) is 12.1. The zero-order valence-corrected chi connectivity index (χ0v) is 10.6. The molecule has 1 saturated heterocycles. The van der Waals surface area contributed by atoms with E-state index in [2.05, 4.69) is 18.9 Å². The Morgan fingerprint density at radius 3 is 2.47 bits per heavy atom. The summed E-state index contributed by atoms with van der Waals surface area (Å²) in [6.07, 6.45) is 0.912. The zero-order valence-electron chi connectivity index (χ0n) is 10.6. The summed E-state index contributed by atoms with van der Waals surface area (Å²) in [5, 5.41) is 0. The topological polar surface area (TPSA) is 23.6 Å². The average molecular weight is 232 g/mol. The van der Waals surface area contributed by atoms with Gasteiger partial charge in [0, 0.05) is 31.7 Å². The molecule has 0 aromatic heterocycles. The Morgan fingerprint density at radius 1 is 1.18 bits per heavy atom. The molecule has 0 atom stereocenters. The second-order valence-corrected chi connectivity index (χ2v) is 4.61. The predicted octanol–water partition coefficient (Wildman–Crippen LogP) is 1.64. The lowest BCUT2D eigenvalue weighted by Gasteiger charge is -2.32. The van der Waals surface area contributed by atoms with Crippen LogP contribution in [0.15, 0.2) is 24.3 Å². The summed E-state index contributed by atoms with van der Waals surface area (Å²) in [6, 6.07) is 7.94. The Hall–Kier alpha value is -1.35. The van der Waals surface area contributed by atoms with Gasteiger partial charge in [0.1, 0.15) is 0 Å². The maximum Gasteiger partial charge on any atom is 0.254 e. The fraction of sp³-hybridized carbons (Fsp3) is 0.500. The summed E-state index contributed by atoms with van der Waals surface area (Å²) in [6.45, 7) is 5.72. The SMILES string of the molecule is CCc1ccccc1C(=O)N1CCN(C)CC1. The second-order valence-electron chi connectivity index (χ2n) is 4.61. The Kier molecular flexibility index (Phi) is 3.79. The Morgan fingerprint density at radius 2 is 1.82 bits per heavy atom. The molecule has 0 spiro atoms. The summed E-state index contributed by atoms with van der Waals surface area (Å²) < 4.78 is 0. The highest BCUT2D eigenvalue weighted by molar-refractivity contribution is 5.95. The Balaban J connectivity index is 2.14. The number of rotatable bonds is 2. The minimum absolute atomic E-state index is 0.190. The lowest BCUT2D eigenvalue weighted by atomic mass is 10.0. The van der Waals surface area contributed by atoms with Gasteiger partial charge in [-0.3, -0.25) is 4.79 Å². The summed E-state index contributed by atoms with van der Waals surface area (Å²) in [5.74, 6) is 0.190. The third-order valence-corrected chi connectivity index (χ3v) is 3.42. The summed E-state index contributed by atoms with van der Waals surface area (Å²) in [4.78, 5) is 16.6. The number of carbonyl (C=O) groups excluding carboxylic acids is 1. The molecule has 1 heterocycles. The van der Waals surface area contributed by atoms with Crippen molar-refractivity contribution >= 4 is 5.91 Å². The minimum Gasteiger partial charge on any atom is -0.336 e. The van der Waals surface area contributed by atoms with Crippen LogP contribution in [0, 0.1) is 0 Å². The van der Waals surface area contributed by atoms with Crippen molar-refractivity contribution in [3.63, 3.8) is 0 Å². The molecule has 1 aliphatic rings. The molecule has 0 bridgehead atoms. The van der Waals surface area contributed by atoms with Crippen LogP contribution in [-0.4, -0.2) is 48.9 Å². The molecule has 17 heavy (non-hydrogen) atoms. The molecular formula is C14H20N2O. The van der Waals surface area contributed by atoms with Crippen molar-refractivity contribution in [2.75, 3.05) is 33.2 Å². The van der Waals surface area contributed by atoms with Gasteiger partial charge in [-0.2, -0.15) is 0 Å². The molecule has 1 amide bonds. The highest BCUT2D eigenvalue weighted by atomic mass is 16.2. The Labute approximate surface area is 103 Å². The van der Waals surface area contributed by atoms with Gasteiger partial charge >= 0.3 is 0 Å². The molecule has 0 radical (unpaired) electrons. The average Bonchev–Trinajstić information content (AvgIpc) is 2.39. The molecule has 0 unspecified atom stereocenters. The summed E-state index contributed by atoms with van der Waals surface area (Å²) >= 11 is 0. The molecule has 1 fully saturated rings. The van der Waals surface area contributed by atoms with Crippen LogP contribution >= 0.6 is 0 Å². The third kappa shape index (κ3) is 2.67. The van der Waals surface area contributed by atoms with E-state index in [9.17, 15) is 4.79 Å². The number of carbonyl (C=O) groups is 1. The fourth-order valence-corrected chi connectivity index (χ4v) is 2.22. The van der Waals surface area contributed by atoms with Gasteiger partial charge < -0.3 is 9.80 Å². The van der Waals surface area contributed by atoms with Crippen molar-refractivity contribution in [3.8, 4) is 0 Å². The molecule has 3 heteroatoms. The van der Waals surface area contributed by atoms with Crippen LogP contribution in [-0.2, 0) is 6.42 Å². The van der Waals surface area contributed by atoms with Gasteiger partial charge in [0.25, 0.3) is 5.91 Å². The second kappa shape index (κ2) is 5.32. The van der Waals surface area contributed by atoms with E-state index in [1.807, 2.05) is 29.2 Å². The first-order chi connectivity index (χ1) is 8.22. The number of likely N-dealkylation sites (N-methyl/N-ethyl adjacent to an activating group) is 1. The van der Waals surface area contributed by atoms with Crippen LogP contribution in [0.2, 0.25) is 0 Å². The lowest BCUT2D eigenvalue weighted by Crippen LogP contribution is -2.47. The largest absolute Gasteiger partial charge is 0.336 e. The van der Waals surface area contributed by atoms with Crippen molar-refractivity contribution in [2.24, 2.45) is 0 Å². The maximum atomic E-state index is 12.4. The van der Waals surface area contributed by atoms with Crippen LogP contribution < -0.4 is 0 Å². The number of aryl methyl sites for hydroxylation is 1. The number of piperazine rings is 1.